The SMILES string of the molecule is C/C=C/C=C/[C@H]1CCCN1C/C(Br)=C\[Si](C)(C)C. The van der Waals surface area contributed by atoms with Crippen molar-refractivity contribution in [3.05, 3.63) is 34.5 Å². The summed E-state index contributed by atoms with van der Waals surface area (Å²) in [4.78, 5) is 2.57. The minimum atomic E-state index is -1.11. The first kappa shape index (κ1) is 15.9. The molecule has 0 N–H and O–H groups in total. The third-order valence-electron chi connectivity index (χ3n) is 2.99. The van der Waals surface area contributed by atoms with Crippen molar-refractivity contribution in [2.75, 3.05) is 13.1 Å². The van der Waals surface area contributed by atoms with Crippen molar-refractivity contribution in [2.24, 2.45) is 0 Å². The second-order valence-corrected chi connectivity index (χ2v) is 12.1. The third-order valence-corrected chi connectivity index (χ3v) is 5.11. The molecule has 0 aliphatic carbocycles. The largest absolute Gasteiger partial charge is 0.292 e. The molecule has 1 rings (SSSR count). The van der Waals surface area contributed by atoms with E-state index in [4.69, 9.17) is 0 Å². The van der Waals surface area contributed by atoms with Gasteiger partial charge in [0.25, 0.3) is 0 Å². The van der Waals surface area contributed by atoms with E-state index in [2.05, 4.69) is 77.4 Å². The summed E-state index contributed by atoms with van der Waals surface area (Å²) in [5, 5.41) is 0. The van der Waals surface area contributed by atoms with Gasteiger partial charge < -0.3 is 0 Å². The fourth-order valence-corrected chi connectivity index (χ4v) is 5.69. The average Bonchev–Trinajstić information content (AvgIpc) is 2.63. The molecule has 1 aliphatic heterocycles. The number of hydrogen-bond donors (Lipinski definition) is 0. The zero-order valence-corrected chi connectivity index (χ0v) is 14.7. The molecular formula is C15H26BrNSi. The van der Waals surface area contributed by atoms with Crippen LogP contribution in [0.3, 0.4) is 0 Å². The van der Waals surface area contributed by atoms with Gasteiger partial charge in [0.1, 0.15) is 0 Å². The van der Waals surface area contributed by atoms with Gasteiger partial charge in [0.15, 0.2) is 0 Å². The van der Waals surface area contributed by atoms with Crippen LogP contribution < -0.4 is 0 Å². The van der Waals surface area contributed by atoms with E-state index in [-0.39, 0.29) is 0 Å². The molecule has 0 unspecified atom stereocenters. The van der Waals surface area contributed by atoms with E-state index in [0.717, 1.165) is 6.54 Å². The van der Waals surface area contributed by atoms with Gasteiger partial charge in [-0.3, -0.25) is 4.90 Å². The van der Waals surface area contributed by atoms with E-state index < -0.39 is 8.07 Å². The van der Waals surface area contributed by atoms with Gasteiger partial charge in [-0.1, -0.05) is 65.6 Å². The van der Waals surface area contributed by atoms with Crippen molar-refractivity contribution in [1.29, 1.82) is 0 Å². The number of likely N-dealkylation sites (tertiary alicyclic amines) is 1. The molecular weight excluding hydrogens is 302 g/mol. The highest BCUT2D eigenvalue weighted by atomic mass is 79.9. The Kier molecular flexibility index (Phi) is 6.61. The molecule has 0 aromatic carbocycles. The molecule has 1 heterocycles. The van der Waals surface area contributed by atoms with E-state index in [1.54, 1.807) is 0 Å². The minimum absolute atomic E-state index is 0.615. The highest BCUT2D eigenvalue weighted by Gasteiger charge is 2.22. The minimum Gasteiger partial charge on any atom is -0.292 e. The molecule has 0 bridgehead atoms. The lowest BCUT2D eigenvalue weighted by molar-refractivity contribution is 0.320. The Hall–Kier alpha value is -0.123. The molecule has 18 heavy (non-hydrogen) atoms. The number of hydrogen-bond acceptors (Lipinski definition) is 1. The molecule has 0 radical (unpaired) electrons. The molecule has 0 spiro atoms. The molecule has 0 aromatic heterocycles. The predicted octanol–water partition coefficient (Wildman–Crippen LogP) is 4.74. The smallest absolute Gasteiger partial charge is 0.0698 e. The normalized spacial score (nSPS) is 23.6. The molecule has 1 nitrogen and oxygen atoms in total. The van der Waals surface area contributed by atoms with Crippen LogP contribution in [0.15, 0.2) is 34.5 Å². The Labute approximate surface area is 122 Å². The number of allylic oxidation sites excluding steroid dienone is 3. The van der Waals surface area contributed by atoms with Gasteiger partial charge >= 0.3 is 0 Å². The molecule has 102 valence electrons. The first-order chi connectivity index (χ1) is 8.42. The maximum atomic E-state index is 3.75. The van der Waals surface area contributed by atoms with Crippen molar-refractivity contribution in [1.82, 2.24) is 4.90 Å². The van der Waals surface area contributed by atoms with Crippen molar-refractivity contribution in [2.45, 2.75) is 45.4 Å². The van der Waals surface area contributed by atoms with Gasteiger partial charge in [0, 0.05) is 17.1 Å². The van der Waals surface area contributed by atoms with Gasteiger partial charge in [-0.05, 0) is 26.3 Å². The Bertz CT molecular complexity index is 339. The molecule has 1 atom stereocenters. The van der Waals surface area contributed by atoms with Crippen LogP contribution in [0.1, 0.15) is 19.8 Å². The second-order valence-electron chi connectivity index (χ2n) is 6.05. The summed E-state index contributed by atoms with van der Waals surface area (Å²) >= 11 is 3.75. The fraction of sp³-hybridized carbons (Fsp3) is 0.600. The fourth-order valence-electron chi connectivity index (χ4n) is 2.28. The maximum absolute atomic E-state index is 3.75. The monoisotopic (exact) mass is 327 g/mol. The summed E-state index contributed by atoms with van der Waals surface area (Å²) in [6, 6.07) is 0.615. The highest BCUT2D eigenvalue weighted by molar-refractivity contribution is 9.11. The van der Waals surface area contributed by atoms with Gasteiger partial charge in [-0.2, -0.15) is 0 Å². The van der Waals surface area contributed by atoms with E-state index in [0.29, 0.717) is 6.04 Å². The van der Waals surface area contributed by atoms with Gasteiger partial charge in [0.05, 0.1) is 8.07 Å². The lowest BCUT2D eigenvalue weighted by Gasteiger charge is -2.22. The molecule has 0 saturated carbocycles. The predicted molar refractivity (Wildman–Crippen MR) is 88.9 cm³/mol. The average molecular weight is 328 g/mol. The van der Waals surface area contributed by atoms with E-state index in [1.807, 2.05) is 0 Å². The Morgan fingerprint density at radius 2 is 2.06 bits per heavy atom. The van der Waals surface area contributed by atoms with Crippen molar-refractivity contribution >= 4 is 24.0 Å². The Morgan fingerprint density at radius 1 is 1.33 bits per heavy atom. The molecule has 3 heteroatoms. The van der Waals surface area contributed by atoms with Gasteiger partial charge in [-0.15, -0.1) is 0 Å². The van der Waals surface area contributed by atoms with E-state index in [9.17, 15) is 0 Å². The lowest BCUT2D eigenvalue weighted by atomic mass is 10.2. The summed E-state index contributed by atoms with van der Waals surface area (Å²) in [5.74, 6) is 0. The zero-order valence-electron chi connectivity index (χ0n) is 12.1. The maximum Gasteiger partial charge on any atom is 0.0698 e. The first-order valence-electron chi connectivity index (χ1n) is 6.83. The van der Waals surface area contributed by atoms with Gasteiger partial charge in [0.2, 0.25) is 0 Å². The van der Waals surface area contributed by atoms with Crippen LogP contribution in [0.25, 0.3) is 0 Å². The molecule has 1 aliphatic rings. The van der Waals surface area contributed by atoms with E-state index in [1.165, 1.54) is 23.9 Å². The van der Waals surface area contributed by atoms with Gasteiger partial charge in [-0.25, -0.2) is 0 Å². The molecule has 0 amide bonds. The van der Waals surface area contributed by atoms with Crippen LogP contribution in [-0.4, -0.2) is 32.1 Å². The topological polar surface area (TPSA) is 3.24 Å². The number of halogens is 1. The quantitative estimate of drug-likeness (QED) is 0.520. The summed E-state index contributed by atoms with van der Waals surface area (Å²) in [7, 11) is -1.11. The first-order valence-corrected chi connectivity index (χ1v) is 11.2. The summed E-state index contributed by atoms with van der Waals surface area (Å²) in [6.45, 7) is 11.5. The Morgan fingerprint density at radius 3 is 2.67 bits per heavy atom. The number of rotatable bonds is 5. The Balaban J connectivity index is 2.58. The highest BCUT2D eigenvalue weighted by Crippen LogP contribution is 2.22. The summed E-state index contributed by atoms with van der Waals surface area (Å²) in [5.41, 5.74) is 2.46. The standard InChI is InChI=1S/C15H26BrNSi/c1-5-6-7-9-15-10-8-11-17(15)12-14(16)13-18(2,3)4/h5-7,9,13,15H,8,10-12H2,1-4H3/b6-5+,9-7+,14-13+/t15-/m0/s1. The molecule has 0 aromatic rings. The second kappa shape index (κ2) is 7.46. The number of nitrogens with zero attached hydrogens (tertiary/aromatic N) is 1. The summed E-state index contributed by atoms with van der Waals surface area (Å²) in [6.07, 6.45) is 11.3. The van der Waals surface area contributed by atoms with Crippen molar-refractivity contribution in [3.8, 4) is 0 Å². The van der Waals surface area contributed by atoms with Crippen LogP contribution in [0.5, 0.6) is 0 Å². The molecule has 1 fully saturated rings. The molecule has 1 saturated heterocycles. The summed E-state index contributed by atoms with van der Waals surface area (Å²) < 4.78 is 1.37. The lowest BCUT2D eigenvalue weighted by Crippen LogP contribution is -2.30. The van der Waals surface area contributed by atoms with Crippen LogP contribution >= 0.6 is 15.9 Å². The van der Waals surface area contributed by atoms with Crippen molar-refractivity contribution < 1.29 is 0 Å². The van der Waals surface area contributed by atoms with Crippen LogP contribution in [0.2, 0.25) is 19.6 Å². The van der Waals surface area contributed by atoms with Crippen molar-refractivity contribution in [3.63, 3.8) is 0 Å². The van der Waals surface area contributed by atoms with Crippen LogP contribution in [-0.2, 0) is 0 Å². The van der Waals surface area contributed by atoms with E-state index >= 15 is 0 Å². The van der Waals surface area contributed by atoms with Crippen LogP contribution in [0.4, 0.5) is 0 Å². The third kappa shape index (κ3) is 6.16. The van der Waals surface area contributed by atoms with Crippen LogP contribution in [0, 0.1) is 0 Å². The zero-order chi connectivity index (χ0) is 13.6.